The highest BCUT2D eigenvalue weighted by Crippen LogP contribution is 2.60. The summed E-state index contributed by atoms with van der Waals surface area (Å²) in [6.07, 6.45) is 9.36. The number of rotatable bonds is 11. The number of nitrogens with one attached hydrogen (secondary N) is 1. The van der Waals surface area contributed by atoms with Crippen molar-refractivity contribution in [1.29, 1.82) is 0 Å². The van der Waals surface area contributed by atoms with Crippen molar-refractivity contribution < 1.29 is 18.0 Å². The molecule has 7 nitrogen and oxygen atoms in total. The van der Waals surface area contributed by atoms with E-state index in [9.17, 15) is 18.0 Å². The first kappa shape index (κ1) is 30.6. The Bertz CT molecular complexity index is 1370. The average Bonchev–Trinajstić information content (AvgIpc) is 2.91. The van der Waals surface area contributed by atoms with Crippen LogP contribution in [-0.2, 0) is 31.6 Å². The van der Waals surface area contributed by atoms with E-state index in [1.165, 1.54) is 48.4 Å². The van der Waals surface area contributed by atoms with Crippen LogP contribution in [0.2, 0.25) is 0 Å². The molecule has 0 unspecified atom stereocenters. The second-order valence-electron chi connectivity index (χ2n) is 13.5. The lowest BCUT2D eigenvalue weighted by molar-refractivity contribution is -0.140. The first-order valence-electron chi connectivity index (χ1n) is 15.6. The highest BCUT2D eigenvalue weighted by molar-refractivity contribution is 7.92. The number of carbonyl (C=O) groups excluding carboxylic acids is 2. The minimum absolute atomic E-state index is 0.0815. The maximum absolute atomic E-state index is 14.0. The number of nitrogens with zero attached hydrogens (tertiary/aromatic N) is 2. The predicted molar refractivity (Wildman–Crippen MR) is 168 cm³/mol. The van der Waals surface area contributed by atoms with Gasteiger partial charge < -0.3 is 10.2 Å². The number of carbonyl (C=O) groups is 2. The molecule has 0 aromatic heterocycles. The summed E-state index contributed by atoms with van der Waals surface area (Å²) in [6.45, 7) is 7.47. The van der Waals surface area contributed by atoms with Gasteiger partial charge in [0.1, 0.15) is 12.6 Å². The SMILES string of the molecule is CC[C@H](C(=O)NC(C)C)N(Cc1ccccc1C)C(=O)CN(c1ccc(C23CC4CC(CC(C4)C2)C3)cc1)S(C)(=O)=O. The van der Waals surface area contributed by atoms with Gasteiger partial charge in [0.15, 0.2) is 0 Å². The summed E-state index contributed by atoms with van der Waals surface area (Å²) in [4.78, 5) is 28.8. The van der Waals surface area contributed by atoms with Crippen LogP contribution in [0.5, 0.6) is 0 Å². The molecule has 4 saturated carbocycles. The van der Waals surface area contributed by atoms with Gasteiger partial charge in [-0.25, -0.2) is 8.42 Å². The van der Waals surface area contributed by atoms with Crippen molar-refractivity contribution in [2.75, 3.05) is 17.1 Å². The molecule has 2 aromatic carbocycles. The third-order valence-corrected chi connectivity index (χ3v) is 11.0. The van der Waals surface area contributed by atoms with Crippen LogP contribution in [0, 0.1) is 24.7 Å². The fourth-order valence-corrected chi connectivity index (χ4v) is 9.18. The van der Waals surface area contributed by atoms with Crippen molar-refractivity contribution in [2.45, 2.75) is 96.7 Å². The maximum atomic E-state index is 14.0. The smallest absolute Gasteiger partial charge is 0.244 e. The van der Waals surface area contributed by atoms with Gasteiger partial charge in [0.2, 0.25) is 21.8 Å². The van der Waals surface area contributed by atoms with E-state index in [0.717, 1.165) is 35.1 Å². The fourth-order valence-electron chi connectivity index (χ4n) is 8.33. The molecule has 2 aromatic rings. The van der Waals surface area contributed by atoms with Crippen molar-refractivity contribution in [3.63, 3.8) is 0 Å². The lowest BCUT2D eigenvalue weighted by Crippen LogP contribution is -2.53. The van der Waals surface area contributed by atoms with Crippen LogP contribution in [0.15, 0.2) is 48.5 Å². The number of anilines is 1. The second-order valence-corrected chi connectivity index (χ2v) is 15.5. The molecule has 0 saturated heterocycles. The van der Waals surface area contributed by atoms with Gasteiger partial charge in [-0.15, -0.1) is 0 Å². The molecule has 0 heterocycles. The molecule has 4 aliphatic carbocycles. The van der Waals surface area contributed by atoms with Crippen LogP contribution >= 0.6 is 0 Å². The Hall–Kier alpha value is -2.87. The topological polar surface area (TPSA) is 86.8 Å². The fraction of sp³-hybridized carbons (Fsp3) is 0.588. The summed E-state index contributed by atoms with van der Waals surface area (Å²) < 4.78 is 27.4. The maximum Gasteiger partial charge on any atom is 0.244 e. The van der Waals surface area contributed by atoms with E-state index in [4.69, 9.17) is 0 Å². The molecular formula is C34H47N3O4S. The third kappa shape index (κ3) is 6.38. The Morgan fingerprint density at radius 2 is 1.52 bits per heavy atom. The van der Waals surface area contributed by atoms with Crippen LogP contribution in [0.3, 0.4) is 0 Å². The standard InChI is InChI=1S/C34H47N3O4S/c1-6-31(33(39)35-23(2)3)36(21-28-10-8-7-9-24(28)4)32(38)22-37(42(5,40)41)30-13-11-29(12-14-30)34-18-25-15-26(19-34)17-27(16-25)20-34/h7-14,23,25-27,31H,6,15-22H2,1-5H3,(H,35,39)/t25?,26?,27?,31-,34?/m1/s1. The lowest BCUT2D eigenvalue weighted by Gasteiger charge is -2.57. The van der Waals surface area contributed by atoms with Crippen molar-refractivity contribution in [3.8, 4) is 0 Å². The Labute approximate surface area is 252 Å². The van der Waals surface area contributed by atoms with E-state index in [1.807, 2.05) is 64.1 Å². The highest BCUT2D eigenvalue weighted by Gasteiger charge is 2.51. The van der Waals surface area contributed by atoms with E-state index in [1.54, 1.807) is 4.90 Å². The number of hydrogen-bond acceptors (Lipinski definition) is 4. The van der Waals surface area contributed by atoms with E-state index >= 15 is 0 Å². The summed E-state index contributed by atoms with van der Waals surface area (Å²) in [5.74, 6) is 1.82. The quantitative estimate of drug-likeness (QED) is 0.370. The molecule has 228 valence electrons. The molecule has 0 aliphatic heterocycles. The molecule has 1 N–H and O–H groups in total. The Morgan fingerprint density at radius 3 is 2.02 bits per heavy atom. The minimum Gasteiger partial charge on any atom is -0.352 e. The summed E-state index contributed by atoms with van der Waals surface area (Å²) in [5.41, 5.74) is 3.93. The van der Waals surface area contributed by atoms with Crippen molar-refractivity contribution in [2.24, 2.45) is 17.8 Å². The minimum atomic E-state index is -3.77. The molecule has 42 heavy (non-hydrogen) atoms. The van der Waals surface area contributed by atoms with Gasteiger partial charge in [-0.1, -0.05) is 43.3 Å². The van der Waals surface area contributed by atoms with E-state index in [-0.39, 0.29) is 30.5 Å². The predicted octanol–water partition coefficient (Wildman–Crippen LogP) is 5.56. The van der Waals surface area contributed by atoms with Crippen molar-refractivity contribution >= 4 is 27.5 Å². The molecule has 0 radical (unpaired) electrons. The molecular weight excluding hydrogens is 546 g/mol. The summed E-state index contributed by atoms with van der Waals surface area (Å²) in [7, 11) is -3.77. The van der Waals surface area contributed by atoms with E-state index in [0.29, 0.717) is 12.1 Å². The first-order chi connectivity index (χ1) is 19.9. The van der Waals surface area contributed by atoms with Gasteiger partial charge >= 0.3 is 0 Å². The number of hydrogen-bond donors (Lipinski definition) is 1. The zero-order chi connectivity index (χ0) is 30.2. The summed E-state index contributed by atoms with van der Waals surface area (Å²) in [5, 5.41) is 2.94. The molecule has 2 amide bonds. The molecule has 1 atom stereocenters. The number of benzene rings is 2. The van der Waals surface area contributed by atoms with E-state index < -0.39 is 22.0 Å². The average molecular weight is 594 g/mol. The molecule has 8 heteroatoms. The van der Waals surface area contributed by atoms with Crippen molar-refractivity contribution in [1.82, 2.24) is 10.2 Å². The van der Waals surface area contributed by atoms with Gasteiger partial charge in [0.05, 0.1) is 11.9 Å². The van der Waals surface area contributed by atoms with Crippen LogP contribution < -0.4 is 9.62 Å². The largest absolute Gasteiger partial charge is 0.352 e. The molecule has 4 aliphatic rings. The second kappa shape index (κ2) is 12.0. The van der Waals surface area contributed by atoms with Gasteiger partial charge in [-0.2, -0.15) is 0 Å². The molecule has 0 spiro atoms. The Morgan fingerprint density at radius 1 is 0.952 bits per heavy atom. The lowest BCUT2D eigenvalue weighted by atomic mass is 9.48. The third-order valence-electron chi connectivity index (χ3n) is 9.90. The van der Waals surface area contributed by atoms with Gasteiger partial charge in [-0.3, -0.25) is 13.9 Å². The van der Waals surface area contributed by atoms with Gasteiger partial charge in [0, 0.05) is 12.6 Å². The molecule has 6 rings (SSSR count). The van der Waals surface area contributed by atoms with Gasteiger partial charge in [-0.05, 0) is 118 Å². The monoisotopic (exact) mass is 593 g/mol. The van der Waals surface area contributed by atoms with E-state index in [2.05, 4.69) is 17.4 Å². The number of sulfonamides is 1. The van der Waals surface area contributed by atoms with Gasteiger partial charge in [0.25, 0.3) is 0 Å². The highest BCUT2D eigenvalue weighted by atomic mass is 32.2. The zero-order valence-corrected chi connectivity index (χ0v) is 26.6. The van der Waals surface area contributed by atoms with Crippen LogP contribution in [-0.4, -0.2) is 50.0 Å². The number of aryl methyl sites for hydroxylation is 1. The number of amides is 2. The molecule has 4 bridgehead atoms. The summed E-state index contributed by atoms with van der Waals surface area (Å²) >= 11 is 0. The van der Waals surface area contributed by atoms with Crippen LogP contribution in [0.4, 0.5) is 5.69 Å². The van der Waals surface area contributed by atoms with Crippen LogP contribution in [0.1, 0.15) is 82.4 Å². The van der Waals surface area contributed by atoms with Crippen LogP contribution in [0.25, 0.3) is 0 Å². The zero-order valence-electron chi connectivity index (χ0n) is 25.8. The van der Waals surface area contributed by atoms with Crippen molar-refractivity contribution in [3.05, 3.63) is 65.2 Å². The Kier molecular flexibility index (Phi) is 8.75. The molecule has 4 fully saturated rings. The first-order valence-corrected chi connectivity index (χ1v) is 17.5. The summed E-state index contributed by atoms with van der Waals surface area (Å²) in [6, 6.07) is 14.9. The Balaban J connectivity index is 1.41. The normalized spacial score (nSPS) is 25.3.